The van der Waals surface area contributed by atoms with Gasteiger partial charge in [-0.2, -0.15) is 0 Å². The molecule has 0 saturated carbocycles. The van der Waals surface area contributed by atoms with E-state index in [9.17, 15) is 4.79 Å². The number of hydrogen-bond acceptors (Lipinski definition) is 4. The fourth-order valence-corrected chi connectivity index (χ4v) is 1.95. The number of nitrogens with zero attached hydrogens (tertiary/aromatic N) is 3. The van der Waals surface area contributed by atoms with Crippen LogP contribution in [0.25, 0.3) is 0 Å². The predicted molar refractivity (Wildman–Crippen MR) is 62.2 cm³/mol. The molecule has 16 heavy (non-hydrogen) atoms. The van der Waals surface area contributed by atoms with E-state index in [1.165, 1.54) is 0 Å². The summed E-state index contributed by atoms with van der Waals surface area (Å²) in [6.45, 7) is 3.13. The molecule has 88 valence electrons. The molecule has 0 fully saturated rings. The molecule has 0 amide bonds. The number of nitrogens with one attached hydrogen (secondary N) is 1. The molecular weight excluding hydrogens is 204 g/mol. The van der Waals surface area contributed by atoms with Crippen LogP contribution in [0.1, 0.15) is 17.9 Å². The maximum absolute atomic E-state index is 11.9. The Labute approximate surface area is 95.1 Å². The molecule has 5 heteroatoms. The van der Waals surface area contributed by atoms with Gasteiger partial charge in [0.25, 0.3) is 5.56 Å². The van der Waals surface area contributed by atoms with Gasteiger partial charge in [0.2, 0.25) is 0 Å². The van der Waals surface area contributed by atoms with E-state index in [4.69, 9.17) is 0 Å². The molecule has 0 saturated heterocycles. The third-order valence-electron chi connectivity index (χ3n) is 2.64. The molecule has 1 aromatic rings. The number of hydrogen-bond donors (Lipinski definition) is 1. The number of rotatable bonds is 2. The first-order valence-electron chi connectivity index (χ1n) is 5.62. The summed E-state index contributed by atoms with van der Waals surface area (Å²) in [4.78, 5) is 18.4. The maximum atomic E-state index is 11.9. The van der Waals surface area contributed by atoms with Gasteiger partial charge in [-0.25, -0.2) is 4.98 Å². The summed E-state index contributed by atoms with van der Waals surface area (Å²) >= 11 is 0. The van der Waals surface area contributed by atoms with Gasteiger partial charge in [-0.15, -0.1) is 0 Å². The fraction of sp³-hybridized carbons (Fsp3) is 0.636. The van der Waals surface area contributed by atoms with Gasteiger partial charge < -0.3 is 10.2 Å². The SMILES string of the molecule is CN(C)Cc1cc(=O)n2c(n1)CNCCC2. The molecule has 0 bridgehead atoms. The van der Waals surface area contributed by atoms with E-state index in [-0.39, 0.29) is 5.56 Å². The molecular formula is C11H18N4O. The van der Waals surface area contributed by atoms with Crippen LogP contribution < -0.4 is 10.9 Å². The fourth-order valence-electron chi connectivity index (χ4n) is 1.95. The van der Waals surface area contributed by atoms with Crippen LogP contribution >= 0.6 is 0 Å². The van der Waals surface area contributed by atoms with Crippen LogP contribution in [-0.2, 0) is 19.6 Å². The Hall–Kier alpha value is -1.20. The van der Waals surface area contributed by atoms with Crippen LogP contribution in [-0.4, -0.2) is 35.1 Å². The van der Waals surface area contributed by atoms with Crippen molar-refractivity contribution in [3.63, 3.8) is 0 Å². The minimum absolute atomic E-state index is 0.0746. The average molecular weight is 222 g/mol. The van der Waals surface area contributed by atoms with Crippen LogP contribution in [0.3, 0.4) is 0 Å². The highest BCUT2D eigenvalue weighted by molar-refractivity contribution is 5.05. The van der Waals surface area contributed by atoms with Gasteiger partial charge in [0.05, 0.1) is 12.2 Å². The molecule has 1 aliphatic rings. The van der Waals surface area contributed by atoms with E-state index in [0.717, 1.165) is 31.0 Å². The predicted octanol–water partition coefficient (Wildman–Crippen LogP) is -0.202. The van der Waals surface area contributed by atoms with E-state index in [1.54, 1.807) is 10.6 Å². The summed E-state index contributed by atoms with van der Waals surface area (Å²) in [5, 5.41) is 3.28. The lowest BCUT2D eigenvalue weighted by Crippen LogP contribution is -2.27. The van der Waals surface area contributed by atoms with Crippen LogP contribution in [0.5, 0.6) is 0 Å². The molecule has 0 unspecified atom stereocenters. The Bertz CT molecular complexity index is 424. The van der Waals surface area contributed by atoms with Crippen LogP contribution in [0, 0.1) is 0 Å². The van der Waals surface area contributed by atoms with E-state index < -0.39 is 0 Å². The average Bonchev–Trinajstić information content (AvgIpc) is 2.41. The van der Waals surface area contributed by atoms with Crippen LogP contribution in [0.4, 0.5) is 0 Å². The van der Waals surface area contributed by atoms with Gasteiger partial charge in [-0.1, -0.05) is 0 Å². The van der Waals surface area contributed by atoms with Crippen molar-refractivity contribution in [1.82, 2.24) is 19.8 Å². The Kier molecular flexibility index (Phi) is 3.36. The summed E-state index contributed by atoms with van der Waals surface area (Å²) in [6.07, 6.45) is 0.988. The molecule has 1 aliphatic heterocycles. The monoisotopic (exact) mass is 222 g/mol. The van der Waals surface area contributed by atoms with Crippen molar-refractivity contribution >= 4 is 0 Å². The molecule has 1 N–H and O–H groups in total. The highest BCUT2D eigenvalue weighted by Crippen LogP contribution is 2.02. The van der Waals surface area contributed by atoms with Crippen molar-refractivity contribution in [3.05, 3.63) is 27.9 Å². The first-order chi connectivity index (χ1) is 7.66. The third-order valence-corrected chi connectivity index (χ3v) is 2.64. The van der Waals surface area contributed by atoms with Crippen LogP contribution in [0.15, 0.2) is 10.9 Å². The minimum atomic E-state index is 0.0746. The number of aromatic nitrogens is 2. The second-order valence-electron chi connectivity index (χ2n) is 4.42. The maximum Gasteiger partial charge on any atom is 0.253 e. The van der Waals surface area contributed by atoms with E-state index in [1.807, 2.05) is 19.0 Å². The Morgan fingerprint density at radius 2 is 2.38 bits per heavy atom. The molecule has 1 aromatic heterocycles. The highest BCUT2D eigenvalue weighted by atomic mass is 16.1. The smallest absolute Gasteiger partial charge is 0.253 e. The summed E-state index contributed by atoms with van der Waals surface area (Å²) in [6, 6.07) is 1.65. The topological polar surface area (TPSA) is 50.2 Å². The summed E-state index contributed by atoms with van der Waals surface area (Å²) in [5.74, 6) is 0.863. The largest absolute Gasteiger partial charge is 0.310 e. The Balaban J connectivity index is 2.36. The molecule has 2 heterocycles. The zero-order chi connectivity index (χ0) is 11.5. The van der Waals surface area contributed by atoms with Crippen molar-refractivity contribution in [2.45, 2.75) is 26.1 Å². The first-order valence-corrected chi connectivity index (χ1v) is 5.62. The number of fused-ring (bicyclic) bond motifs is 1. The van der Waals surface area contributed by atoms with Gasteiger partial charge in [-0.3, -0.25) is 9.36 Å². The molecule has 0 radical (unpaired) electrons. The molecule has 0 spiro atoms. The standard InChI is InChI=1S/C11H18N4O/c1-14(2)8-9-6-11(16)15-5-3-4-12-7-10(15)13-9/h6,12H,3-5,7-8H2,1-2H3. The van der Waals surface area contributed by atoms with Gasteiger partial charge in [0.15, 0.2) is 0 Å². The summed E-state index contributed by atoms with van der Waals surface area (Å²) in [5.41, 5.74) is 0.926. The van der Waals surface area contributed by atoms with Crippen molar-refractivity contribution in [2.75, 3.05) is 20.6 Å². The van der Waals surface area contributed by atoms with Crippen molar-refractivity contribution in [3.8, 4) is 0 Å². The van der Waals surface area contributed by atoms with E-state index >= 15 is 0 Å². The van der Waals surface area contributed by atoms with Crippen molar-refractivity contribution in [1.29, 1.82) is 0 Å². The highest BCUT2D eigenvalue weighted by Gasteiger charge is 2.11. The molecule has 0 aromatic carbocycles. The quantitative estimate of drug-likeness (QED) is 0.753. The lowest BCUT2D eigenvalue weighted by Gasteiger charge is -2.12. The Morgan fingerprint density at radius 3 is 3.12 bits per heavy atom. The lowest BCUT2D eigenvalue weighted by molar-refractivity contribution is 0.394. The summed E-state index contributed by atoms with van der Waals surface area (Å²) in [7, 11) is 3.95. The van der Waals surface area contributed by atoms with Crippen LogP contribution in [0.2, 0.25) is 0 Å². The lowest BCUT2D eigenvalue weighted by atomic mass is 10.3. The summed E-state index contributed by atoms with van der Waals surface area (Å²) < 4.78 is 1.78. The van der Waals surface area contributed by atoms with Gasteiger partial charge in [0, 0.05) is 19.2 Å². The zero-order valence-corrected chi connectivity index (χ0v) is 9.86. The molecule has 5 nitrogen and oxygen atoms in total. The van der Waals surface area contributed by atoms with Gasteiger partial charge in [0.1, 0.15) is 5.82 Å². The minimum Gasteiger partial charge on any atom is -0.310 e. The van der Waals surface area contributed by atoms with E-state index in [0.29, 0.717) is 13.1 Å². The second-order valence-corrected chi connectivity index (χ2v) is 4.42. The van der Waals surface area contributed by atoms with Crippen molar-refractivity contribution < 1.29 is 0 Å². The first kappa shape index (κ1) is 11.3. The van der Waals surface area contributed by atoms with Gasteiger partial charge >= 0.3 is 0 Å². The molecule has 0 aliphatic carbocycles. The normalized spacial score (nSPS) is 15.9. The molecule has 2 rings (SSSR count). The molecule has 0 atom stereocenters. The van der Waals surface area contributed by atoms with Gasteiger partial charge in [-0.05, 0) is 27.1 Å². The van der Waals surface area contributed by atoms with E-state index in [2.05, 4.69) is 10.3 Å². The van der Waals surface area contributed by atoms with Crippen molar-refractivity contribution in [2.24, 2.45) is 0 Å². The zero-order valence-electron chi connectivity index (χ0n) is 9.86. The Morgan fingerprint density at radius 1 is 1.56 bits per heavy atom. The second kappa shape index (κ2) is 4.76. The third kappa shape index (κ3) is 2.48.